The molecule has 1 unspecified atom stereocenters. The van der Waals surface area contributed by atoms with Crippen molar-refractivity contribution in [3.63, 3.8) is 0 Å². The third-order valence-corrected chi connectivity index (χ3v) is 2.33. The lowest BCUT2D eigenvalue weighted by atomic mass is 10.2. The summed E-state index contributed by atoms with van der Waals surface area (Å²) >= 11 is 0.846. The van der Waals surface area contributed by atoms with E-state index in [0.29, 0.717) is 0 Å². The number of hydrogen-bond acceptors (Lipinski definition) is 5. The maximum atomic E-state index is 11.9. The van der Waals surface area contributed by atoms with Crippen molar-refractivity contribution < 1.29 is 27.9 Å². The van der Waals surface area contributed by atoms with Crippen LogP contribution in [-0.2, 0) is 16.0 Å². The first-order valence-corrected chi connectivity index (χ1v) is 4.94. The molecule has 1 rings (SSSR count). The van der Waals surface area contributed by atoms with Crippen LogP contribution >= 0.6 is 11.5 Å². The van der Waals surface area contributed by atoms with Gasteiger partial charge in [0.15, 0.2) is 0 Å². The van der Waals surface area contributed by atoms with Crippen molar-refractivity contribution >= 4 is 23.4 Å². The summed E-state index contributed by atoms with van der Waals surface area (Å²) in [6, 6.07) is -1.68. The first-order chi connectivity index (χ1) is 7.80. The molecule has 0 bridgehead atoms. The van der Waals surface area contributed by atoms with Crippen LogP contribution in [0.4, 0.5) is 13.2 Å². The van der Waals surface area contributed by atoms with Crippen LogP contribution < -0.4 is 5.32 Å². The molecule has 1 aromatic heterocycles. The molecule has 0 aliphatic carbocycles. The Hall–Kier alpha value is -1.71. The second-order valence-electron chi connectivity index (χ2n) is 2.90. The third kappa shape index (κ3) is 3.98. The largest absolute Gasteiger partial charge is 0.480 e. The van der Waals surface area contributed by atoms with Crippen LogP contribution in [0.3, 0.4) is 0 Å². The highest BCUT2D eigenvalue weighted by molar-refractivity contribution is 7.05. The zero-order chi connectivity index (χ0) is 13.1. The van der Waals surface area contributed by atoms with Gasteiger partial charge in [0.2, 0.25) is 0 Å². The molecular weight excluding hydrogens is 263 g/mol. The maximum Gasteiger partial charge on any atom is 0.471 e. The molecule has 94 valence electrons. The molecular formula is C7H6F3N3O3S. The Labute approximate surface area is 96.6 Å². The number of carboxylic acid groups (broad SMARTS) is 1. The first-order valence-electron chi connectivity index (χ1n) is 4.16. The van der Waals surface area contributed by atoms with Crippen molar-refractivity contribution in [1.29, 1.82) is 0 Å². The molecule has 0 spiro atoms. The Morgan fingerprint density at radius 2 is 2.18 bits per heavy atom. The minimum atomic E-state index is -5.12. The van der Waals surface area contributed by atoms with E-state index < -0.39 is 24.1 Å². The number of rotatable bonds is 4. The minimum absolute atomic E-state index is 0.222. The van der Waals surface area contributed by atoms with Crippen molar-refractivity contribution in [3.05, 3.63) is 11.3 Å². The molecule has 0 aliphatic rings. The highest BCUT2D eigenvalue weighted by Crippen LogP contribution is 2.15. The summed E-state index contributed by atoms with van der Waals surface area (Å²) in [5.74, 6) is -3.87. The molecule has 0 saturated carbocycles. The molecule has 17 heavy (non-hydrogen) atoms. The number of aliphatic carboxylic acids is 1. The van der Waals surface area contributed by atoms with Gasteiger partial charge in [-0.25, -0.2) is 9.78 Å². The molecule has 1 heterocycles. The summed E-state index contributed by atoms with van der Waals surface area (Å²) in [6.45, 7) is 0. The van der Waals surface area contributed by atoms with E-state index >= 15 is 0 Å². The second kappa shape index (κ2) is 5.08. The van der Waals surface area contributed by atoms with Gasteiger partial charge >= 0.3 is 18.1 Å². The van der Waals surface area contributed by atoms with E-state index in [0.717, 1.165) is 17.9 Å². The highest BCUT2D eigenvalue weighted by atomic mass is 32.1. The van der Waals surface area contributed by atoms with Crippen LogP contribution in [0.1, 0.15) is 5.01 Å². The van der Waals surface area contributed by atoms with Gasteiger partial charge in [-0.1, -0.05) is 0 Å². The number of amides is 1. The molecule has 0 aromatic carbocycles. The number of carbonyl (C=O) groups is 2. The molecule has 2 N–H and O–H groups in total. The lowest BCUT2D eigenvalue weighted by Gasteiger charge is -2.14. The van der Waals surface area contributed by atoms with E-state index in [1.165, 1.54) is 5.32 Å². The topological polar surface area (TPSA) is 92.2 Å². The van der Waals surface area contributed by atoms with E-state index in [2.05, 4.69) is 9.36 Å². The van der Waals surface area contributed by atoms with Crippen molar-refractivity contribution in [2.24, 2.45) is 0 Å². The summed E-state index contributed by atoms with van der Waals surface area (Å²) in [6.07, 6.45) is -4.32. The summed E-state index contributed by atoms with van der Waals surface area (Å²) < 4.78 is 39.3. The van der Waals surface area contributed by atoms with Gasteiger partial charge in [0.25, 0.3) is 0 Å². The fourth-order valence-electron chi connectivity index (χ4n) is 0.901. The number of hydrogen-bond donors (Lipinski definition) is 2. The van der Waals surface area contributed by atoms with Gasteiger partial charge in [-0.15, -0.1) is 0 Å². The molecule has 6 nitrogen and oxygen atoms in total. The van der Waals surface area contributed by atoms with Gasteiger partial charge in [-0.3, -0.25) is 4.79 Å². The predicted octanol–water partition coefficient (Wildman–Crippen LogP) is 0.212. The minimum Gasteiger partial charge on any atom is -0.480 e. The van der Waals surface area contributed by atoms with Gasteiger partial charge in [0.05, 0.1) is 0 Å². The van der Waals surface area contributed by atoms with Gasteiger partial charge in [0.1, 0.15) is 17.4 Å². The van der Waals surface area contributed by atoms with Gasteiger partial charge in [0, 0.05) is 6.42 Å². The van der Waals surface area contributed by atoms with Crippen LogP contribution in [0, 0.1) is 0 Å². The number of nitrogens with zero attached hydrogens (tertiary/aromatic N) is 2. The van der Waals surface area contributed by atoms with Crippen LogP contribution in [-0.4, -0.2) is 38.6 Å². The van der Waals surface area contributed by atoms with Crippen LogP contribution in [0.2, 0.25) is 0 Å². The Morgan fingerprint density at radius 1 is 1.53 bits per heavy atom. The summed E-state index contributed by atoms with van der Waals surface area (Å²) in [7, 11) is 0. The number of nitrogens with one attached hydrogen (secondary N) is 1. The Morgan fingerprint density at radius 3 is 2.59 bits per heavy atom. The SMILES string of the molecule is O=C(O)C(Cc1ncns1)NC(=O)C(F)(F)F. The van der Waals surface area contributed by atoms with E-state index in [9.17, 15) is 22.8 Å². The number of aromatic nitrogens is 2. The molecule has 0 radical (unpaired) electrons. The van der Waals surface area contributed by atoms with Crippen LogP contribution in [0.15, 0.2) is 6.33 Å². The van der Waals surface area contributed by atoms with Crippen molar-refractivity contribution in [3.8, 4) is 0 Å². The van der Waals surface area contributed by atoms with E-state index in [1.54, 1.807) is 0 Å². The fourth-order valence-corrected chi connectivity index (χ4v) is 1.45. The van der Waals surface area contributed by atoms with Crippen molar-refractivity contribution in [2.45, 2.75) is 18.6 Å². The average molecular weight is 269 g/mol. The average Bonchev–Trinajstić information content (AvgIpc) is 2.67. The molecule has 1 atom stereocenters. The second-order valence-corrected chi connectivity index (χ2v) is 3.77. The maximum absolute atomic E-state index is 11.9. The van der Waals surface area contributed by atoms with Crippen molar-refractivity contribution in [2.75, 3.05) is 0 Å². The normalized spacial score (nSPS) is 13.1. The van der Waals surface area contributed by atoms with Gasteiger partial charge in [-0.2, -0.15) is 17.5 Å². The third-order valence-electron chi connectivity index (χ3n) is 1.65. The van der Waals surface area contributed by atoms with Crippen LogP contribution in [0.25, 0.3) is 0 Å². The molecule has 10 heteroatoms. The summed E-state index contributed by atoms with van der Waals surface area (Å²) in [5.41, 5.74) is 0. The first kappa shape index (κ1) is 13.4. The fraction of sp³-hybridized carbons (Fsp3) is 0.429. The smallest absolute Gasteiger partial charge is 0.471 e. The molecule has 1 aromatic rings. The highest BCUT2D eigenvalue weighted by Gasteiger charge is 2.40. The number of carboxylic acids is 1. The standard InChI is InChI=1S/C7H6F3N3O3S/c8-7(9,10)6(16)13-3(5(14)15)1-4-11-2-12-17-4/h2-3H,1H2,(H,13,16)(H,14,15). The number of alkyl halides is 3. The summed E-state index contributed by atoms with van der Waals surface area (Å²) in [4.78, 5) is 24.9. The zero-order valence-electron chi connectivity index (χ0n) is 8.06. The molecule has 0 fully saturated rings. The predicted molar refractivity (Wildman–Crippen MR) is 49.2 cm³/mol. The molecule has 0 saturated heterocycles. The van der Waals surface area contributed by atoms with Crippen molar-refractivity contribution in [1.82, 2.24) is 14.7 Å². The number of carbonyl (C=O) groups excluding carboxylic acids is 1. The van der Waals surface area contributed by atoms with Gasteiger partial charge in [-0.05, 0) is 11.5 Å². The van der Waals surface area contributed by atoms with Crippen LogP contribution in [0.5, 0.6) is 0 Å². The van der Waals surface area contributed by atoms with E-state index in [4.69, 9.17) is 5.11 Å². The lowest BCUT2D eigenvalue weighted by molar-refractivity contribution is -0.175. The quantitative estimate of drug-likeness (QED) is 0.815. The molecule has 1 amide bonds. The Balaban J connectivity index is 2.68. The molecule has 0 aliphatic heterocycles. The zero-order valence-corrected chi connectivity index (χ0v) is 8.88. The Bertz CT molecular complexity index is 406. The summed E-state index contributed by atoms with van der Waals surface area (Å²) in [5, 5.41) is 10.3. The van der Waals surface area contributed by atoms with E-state index in [1.807, 2.05) is 0 Å². The monoisotopic (exact) mass is 269 g/mol. The van der Waals surface area contributed by atoms with E-state index in [-0.39, 0.29) is 11.4 Å². The Kier molecular flexibility index (Phi) is 3.99. The van der Waals surface area contributed by atoms with Gasteiger partial charge < -0.3 is 10.4 Å². The number of halogens is 3. The lowest BCUT2D eigenvalue weighted by Crippen LogP contribution is -2.47.